The lowest BCUT2D eigenvalue weighted by atomic mass is 9.73. The summed E-state index contributed by atoms with van der Waals surface area (Å²) in [7, 11) is 0. The number of hydrogen-bond donors (Lipinski definition) is 1. The molecule has 2 aliphatic carbocycles. The van der Waals surface area contributed by atoms with Gasteiger partial charge in [-0.1, -0.05) is 44.9 Å². The minimum absolute atomic E-state index is 0.0716. The maximum Gasteiger partial charge on any atom is 0.247 e. The lowest BCUT2D eigenvalue weighted by Gasteiger charge is -2.35. The Labute approximate surface area is 128 Å². The Kier molecular flexibility index (Phi) is 5.22. The van der Waals surface area contributed by atoms with Gasteiger partial charge in [0, 0.05) is 18.5 Å². The summed E-state index contributed by atoms with van der Waals surface area (Å²) in [6.45, 7) is 4.97. The van der Waals surface area contributed by atoms with E-state index in [0.29, 0.717) is 24.8 Å². The van der Waals surface area contributed by atoms with Gasteiger partial charge in [0.15, 0.2) is 0 Å². The van der Waals surface area contributed by atoms with Crippen LogP contribution in [0.25, 0.3) is 0 Å². The summed E-state index contributed by atoms with van der Waals surface area (Å²) in [5.74, 6) is 0.719. The average Bonchev–Trinajstić information content (AvgIpc) is 2.96. The van der Waals surface area contributed by atoms with E-state index in [1.807, 2.05) is 12.2 Å². The van der Waals surface area contributed by atoms with Gasteiger partial charge in [-0.3, -0.25) is 4.79 Å². The summed E-state index contributed by atoms with van der Waals surface area (Å²) in [5, 5.41) is 12.1. The molecule has 0 bridgehead atoms. The van der Waals surface area contributed by atoms with Crippen LogP contribution in [0.1, 0.15) is 52.4 Å². The second kappa shape index (κ2) is 6.93. The molecule has 1 amide bonds. The number of carbonyl (C=O) groups excluding carboxylic acids is 1. The first kappa shape index (κ1) is 15.8. The first-order valence-corrected chi connectivity index (χ1v) is 8.11. The molecule has 2 atom stereocenters. The number of carbonyl (C=O) groups is 1. The first-order chi connectivity index (χ1) is 10.1. The Morgan fingerprint density at radius 2 is 2.24 bits per heavy atom. The third-order valence-electron chi connectivity index (χ3n) is 5.34. The molecule has 3 heteroatoms. The molecule has 0 heterocycles. The smallest absolute Gasteiger partial charge is 0.247 e. The molecular formula is C18H26N2O. The Morgan fingerprint density at radius 3 is 2.86 bits per heavy atom. The van der Waals surface area contributed by atoms with E-state index in [1.54, 1.807) is 0 Å². The van der Waals surface area contributed by atoms with Gasteiger partial charge in [0.25, 0.3) is 0 Å². The number of allylic oxidation sites excluding steroid dienone is 3. The fourth-order valence-corrected chi connectivity index (χ4v) is 3.68. The maximum absolute atomic E-state index is 12.4. The highest BCUT2D eigenvalue weighted by Crippen LogP contribution is 2.45. The van der Waals surface area contributed by atoms with Crippen molar-refractivity contribution in [3.8, 4) is 6.07 Å². The predicted molar refractivity (Wildman–Crippen MR) is 84.3 cm³/mol. The normalized spacial score (nSPS) is 25.0. The van der Waals surface area contributed by atoms with E-state index in [2.05, 4.69) is 31.3 Å². The highest BCUT2D eigenvalue weighted by molar-refractivity contribution is 5.94. The molecule has 0 aromatic rings. The molecule has 2 rings (SSSR count). The van der Waals surface area contributed by atoms with Crippen molar-refractivity contribution in [3.05, 3.63) is 23.8 Å². The second-order valence-corrected chi connectivity index (χ2v) is 6.70. The van der Waals surface area contributed by atoms with E-state index < -0.39 is 0 Å². The van der Waals surface area contributed by atoms with Crippen molar-refractivity contribution in [2.75, 3.05) is 6.54 Å². The molecule has 0 radical (unpaired) electrons. The van der Waals surface area contributed by atoms with Crippen molar-refractivity contribution >= 4 is 5.91 Å². The molecule has 0 aromatic carbocycles. The van der Waals surface area contributed by atoms with E-state index >= 15 is 0 Å². The lowest BCUT2D eigenvalue weighted by molar-refractivity contribution is -0.118. The summed E-state index contributed by atoms with van der Waals surface area (Å²) in [6, 6.07) is 2.29. The monoisotopic (exact) mass is 286 g/mol. The largest absolute Gasteiger partial charge is 0.352 e. The molecule has 0 saturated heterocycles. The van der Waals surface area contributed by atoms with Crippen LogP contribution in [0.5, 0.6) is 0 Å². The fraction of sp³-hybridized carbons (Fsp3) is 0.667. The van der Waals surface area contributed by atoms with Gasteiger partial charge in [0.05, 0.1) is 6.07 Å². The van der Waals surface area contributed by atoms with Crippen LogP contribution in [0.3, 0.4) is 0 Å². The standard InChI is InChI=1S/C18H26N2O/c1-14-7-3-4-8-16(14)17(21)20-13-18(10-5-6-11-18)15(2)9-12-19/h3-4,8,14-15H,5-7,9-11,13H2,1-2H3,(H,20,21). The molecular weight excluding hydrogens is 260 g/mol. The van der Waals surface area contributed by atoms with E-state index in [9.17, 15) is 4.79 Å². The Balaban J connectivity index is 1.99. The van der Waals surface area contributed by atoms with Gasteiger partial charge in [0.2, 0.25) is 5.91 Å². The molecule has 1 fully saturated rings. The second-order valence-electron chi connectivity index (χ2n) is 6.70. The van der Waals surface area contributed by atoms with E-state index in [4.69, 9.17) is 5.26 Å². The Morgan fingerprint density at radius 1 is 1.52 bits per heavy atom. The molecule has 2 aliphatic rings. The average molecular weight is 286 g/mol. The van der Waals surface area contributed by atoms with Crippen molar-refractivity contribution in [1.82, 2.24) is 5.32 Å². The quantitative estimate of drug-likeness (QED) is 0.837. The van der Waals surface area contributed by atoms with Gasteiger partial charge in [-0.25, -0.2) is 0 Å². The van der Waals surface area contributed by atoms with Crippen molar-refractivity contribution in [3.63, 3.8) is 0 Å². The third-order valence-corrected chi connectivity index (χ3v) is 5.34. The van der Waals surface area contributed by atoms with Crippen LogP contribution in [-0.4, -0.2) is 12.5 Å². The van der Waals surface area contributed by atoms with Crippen LogP contribution in [-0.2, 0) is 4.79 Å². The minimum atomic E-state index is 0.0716. The summed E-state index contributed by atoms with van der Waals surface area (Å²) >= 11 is 0. The molecule has 1 saturated carbocycles. The van der Waals surface area contributed by atoms with Crippen LogP contribution in [0, 0.1) is 28.6 Å². The van der Waals surface area contributed by atoms with E-state index in [0.717, 1.165) is 24.8 Å². The number of nitrogens with zero attached hydrogens (tertiary/aromatic N) is 1. The first-order valence-electron chi connectivity index (χ1n) is 8.11. The number of nitrogens with one attached hydrogen (secondary N) is 1. The van der Waals surface area contributed by atoms with Gasteiger partial charge < -0.3 is 5.32 Å². The SMILES string of the molecule is CC1CC=CC=C1C(=O)NCC1(C(C)CC#N)CCCC1. The summed E-state index contributed by atoms with van der Waals surface area (Å²) in [6.07, 6.45) is 12.2. The molecule has 1 N–H and O–H groups in total. The fourth-order valence-electron chi connectivity index (χ4n) is 3.68. The van der Waals surface area contributed by atoms with E-state index in [1.165, 1.54) is 12.8 Å². The molecule has 0 aliphatic heterocycles. The molecule has 3 nitrogen and oxygen atoms in total. The number of hydrogen-bond acceptors (Lipinski definition) is 2. The predicted octanol–water partition coefficient (Wildman–Crippen LogP) is 3.74. The summed E-state index contributed by atoms with van der Waals surface area (Å²) in [5.41, 5.74) is 1.01. The van der Waals surface area contributed by atoms with Gasteiger partial charge in [-0.2, -0.15) is 5.26 Å². The van der Waals surface area contributed by atoms with Crippen molar-refractivity contribution < 1.29 is 4.79 Å². The summed E-state index contributed by atoms with van der Waals surface area (Å²) in [4.78, 5) is 12.4. The zero-order chi connectivity index (χ0) is 15.3. The van der Waals surface area contributed by atoms with E-state index in [-0.39, 0.29) is 11.3 Å². The number of amides is 1. The zero-order valence-electron chi connectivity index (χ0n) is 13.2. The molecule has 0 spiro atoms. The summed E-state index contributed by atoms with van der Waals surface area (Å²) < 4.78 is 0. The minimum Gasteiger partial charge on any atom is -0.352 e. The van der Waals surface area contributed by atoms with Crippen LogP contribution in [0.15, 0.2) is 23.8 Å². The van der Waals surface area contributed by atoms with Crippen molar-refractivity contribution in [2.24, 2.45) is 17.3 Å². The molecule has 2 unspecified atom stereocenters. The third kappa shape index (κ3) is 3.56. The van der Waals surface area contributed by atoms with Gasteiger partial charge in [-0.15, -0.1) is 0 Å². The number of nitriles is 1. The molecule has 114 valence electrons. The van der Waals surface area contributed by atoms with Crippen LogP contribution < -0.4 is 5.32 Å². The lowest BCUT2D eigenvalue weighted by Crippen LogP contribution is -2.41. The van der Waals surface area contributed by atoms with Gasteiger partial charge in [-0.05, 0) is 36.5 Å². The van der Waals surface area contributed by atoms with Gasteiger partial charge >= 0.3 is 0 Å². The highest BCUT2D eigenvalue weighted by Gasteiger charge is 2.39. The number of rotatable bonds is 5. The van der Waals surface area contributed by atoms with Crippen LogP contribution in [0.4, 0.5) is 0 Å². The van der Waals surface area contributed by atoms with Crippen LogP contribution >= 0.6 is 0 Å². The zero-order valence-corrected chi connectivity index (χ0v) is 13.2. The molecule has 0 aromatic heterocycles. The topological polar surface area (TPSA) is 52.9 Å². The maximum atomic E-state index is 12.4. The Bertz CT molecular complexity index is 478. The van der Waals surface area contributed by atoms with Crippen LogP contribution in [0.2, 0.25) is 0 Å². The highest BCUT2D eigenvalue weighted by atomic mass is 16.1. The van der Waals surface area contributed by atoms with Crippen molar-refractivity contribution in [2.45, 2.75) is 52.4 Å². The Hall–Kier alpha value is -1.56. The molecule has 21 heavy (non-hydrogen) atoms. The van der Waals surface area contributed by atoms with Gasteiger partial charge in [0.1, 0.15) is 0 Å². The van der Waals surface area contributed by atoms with Crippen molar-refractivity contribution in [1.29, 1.82) is 5.26 Å².